The molecule has 1 aromatic carbocycles. The molecule has 0 heterocycles. The number of aliphatic carboxylic acids is 1. The lowest BCUT2D eigenvalue weighted by molar-refractivity contribution is -0.144. The van der Waals surface area contributed by atoms with E-state index in [4.69, 9.17) is 10.8 Å². The third kappa shape index (κ3) is 4.76. The van der Waals surface area contributed by atoms with Crippen molar-refractivity contribution in [2.75, 3.05) is 5.73 Å². The van der Waals surface area contributed by atoms with Crippen LogP contribution in [-0.2, 0) is 9.59 Å². The largest absolute Gasteiger partial charge is 0.480 e. The van der Waals surface area contributed by atoms with Crippen molar-refractivity contribution in [1.82, 2.24) is 5.32 Å². The predicted molar refractivity (Wildman–Crippen MR) is 78.9 cm³/mol. The van der Waals surface area contributed by atoms with Crippen LogP contribution in [0.4, 0.5) is 5.69 Å². The van der Waals surface area contributed by atoms with Crippen molar-refractivity contribution < 1.29 is 14.7 Å². The van der Waals surface area contributed by atoms with Crippen LogP contribution in [0.15, 0.2) is 30.3 Å². The van der Waals surface area contributed by atoms with Crippen molar-refractivity contribution in [2.24, 2.45) is 5.41 Å². The van der Waals surface area contributed by atoms with E-state index >= 15 is 0 Å². The van der Waals surface area contributed by atoms with Crippen LogP contribution >= 0.6 is 0 Å². The number of carbonyl (C=O) groups is 2. The van der Waals surface area contributed by atoms with Crippen molar-refractivity contribution in [3.63, 3.8) is 0 Å². The Labute approximate surface area is 118 Å². The smallest absolute Gasteiger partial charge is 0.326 e. The van der Waals surface area contributed by atoms with Gasteiger partial charge in [-0.05, 0) is 29.2 Å². The number of anilines is 1. The van der Waals surface area contributed by atoms with Crippen LogP contribution in [0.2, 0.25) is 0 Å². The molecule has 4 N–H and O–H groups in total. The lowest BCUT2D eigenvalue weighted by Crippen LogP contribution is -2.48. The average molecular weight is 276 g/mol. The minimum absolute atomic E-state index is 0.449. The highest BCUT2D eigenvalue weighted by Gasteiger charge is 2.31. The first-order valence-electron chi connectivity index (χ1n) is 6.27. The highest BCUT2D eigenvalue weighted by atomic mass is 16.4. The third-order valence-electron chi connectivity index (χ3n) is 2.74. The number of amides is 1. The van der Waals surface area contributed by atoms with Gasteiger partial charge in [-0.15, -0.1) is 0 Å². The summed E-state index contributed by atoms with van der Waals surface area (Å²) in [6, 6.07) is 6.11. The van der Waals surface area contributed by atoms with Crippen LogP contribution < -0.4 is 11.1 Å². The highest BCUT2D eigenvalue weighted by Crippen LogP contribution is 2.19. The molecule has 5 heteroatoms. The summed E-state index contributed by atoms with van der Waals surface area (Å²) < 4.78 is 0. The molecular weight excluding hydrogens is 256 g/mol. The Bertz CT molecular complexity index is 530. The Hall–Kier alpha value is -2.30. The number of carbonyl (C=O) groups excluding carboxylic acids is 1. The maximum absolute atomic E-state index is 11.8. The summed E-state index contributed by atoms with van der Waals surface area (Å²) in [4.78, 5) is 22.9. The summed E-state index contributed by atoms with van der Waals surface area (Å²) in [5, 5.41) is 11.6. The molecule has 1 aromatic rings. The minimum atomic E-state index is -1.05. The molecule has 1 atom stereocenters. The number of nitrogen functional groups attached to an aromatic ring is 1. The van der Waals surface area contributed by atoms with Crippen LogP contribution in [0.5, 0.6) is 0 Å². The predicted octanol–water partition coefficient (Wildman–Crippen LogP) is 1.90. The maximum Gasteiger partial charge on any atom is 0.326 e. The van der Waals surface area contributed by atoms with Gasteiger partial charge < -0.3 is 16.2 Å². The number of rotatable bonds is 4. The molecule has 1 amide bonds. The molecule has 20 heavy (non-hydrogen) atoms. The van der Waals surface area contributed by atoms with Gasteiger partial charge in [0.05, 0.1) is 0 Å². The zero-order chi connectivity index (χ0) is 15.3. The quantitative estimate of drug-likeness (QED) is 0.578. The summed E-state index contributed by atoms with van der Waals surface area (Å²) in [7, 11) is 0. The molecule has 0 spiro atoms. The Morgan fingerprint density at radius 2 is 2.00 bits per heavy atom. The van der Waals surface area contributed by atoms with E-state index in [0.29, 0.717) is 5.69 Å². The molecule has 0 fully saturated rings. The van der Waals surface area contributed by atoms with Gasteiger partial charge >= 0.3 is 5.97 Å². The summed E-state index contributed by atoms with van der Waals surface area (Å²) in [5.74, 6) is -1.50. The number of carboxylic acid groups (broad SMARTS) is 1. The van der Waals surface area contributed by atoms with Gasteiger partial charge in [-0.2, -0.15) is 0 Å². The van der Waals surface area contributed by atoms with Crippen LogP contribution in [0, 0.1) is 5.41 Å². The number of hydrogen-bond acceptors (Lipinski definition) is 3. The monoisotopic (exact) mass is 276 g/mol. The summed E-state index contributed by atoms with van der Waals surface area (Å²) in [5.41, 5.74) is 6.45. The summed E-state index contributed by atoms with van der Waals surface area (Å²) in [6.45, 7) is 5.27. The Balaban J connectivity index is 2.74. The standard InChI is InChI=1S/C15H20N2O3/c1-15(2,3)13(14(19)20)17-12(18)8-7-10-5-4-6-11(16)9-10/h4-9,13H,16H2,1-3H3,(H,17,18)(H,19,20)/b8-7+/t13-/m0/s1. The fourth-order valence-corrected chi connectivity index (χ4v) is 1.67. The Kier molecular flexibility index (Phi) is 4.91. The molecule has 0 aliphatic rings. The first kappa shape index (κ1) is 15.8. The van der Waals surface area contributed by atoms with Gasteiger partial charge in [0, 0.05) is 11.8 Å². The molecule has 0 aliphatic carbocycles. The third-order valence-corrected chi connectivity index (χ3v) is 2.74. The van der Waals surface area contributed by atoms with Crippen molar-refractivity contribution in [3.05, 3.63) is 35.9 Å². The number of hydrogen-bond donors (Lipinski definition) is 3. The Morgan fingerprint density at radius 3 is 2.50 bits per heavy atom. The molecule has 5 nitrogen and oxygen atoms in total. The van der Waals surface area contributed by atoms with E-state index in [1.807, 2.05) is 0 Å². The molecule has 0 unspecified atom stereocenters. The maximum atomic E-state index is 11.8. The fraction of sp³-hybridized carbons (Fsp3) is 0.333. The van der Waals surface area contributed by atoms with Crippen LogP contribution in [0.25, 0.3) is 6.08 Å². The van der Waals surface area contributed by atoms with E-state index in [1.165, 1.54) is 6.08 Å². The van der Waals surface area contributed by atoms with Crippen molar-refractivity contribution in [2.45, 2.75) is 26.8 Å². The van der Waals surface area contributed by atoms with Crippen LogP contribution in [0.3, 0.4) is 0 Å². The average Bonchev–Trinajstić information content (AvgIpc) is 2.31. The van der Waals surface area contributed by atoms with Gasteiger partial charge in [0.15, 0.2) is 0 Å². The van der Waals surface area contributed by atoms with Crippen LogP contribution in [-0.4, -0.2) is 23.0 Å². The highest BCUT2D eigenvalue weighted by molar-refractivity contribution is 5.94. The van der Waals surface area contributed by atoms with Gasteiger partial charge in [0.2, 0.25) is 5.91 Å². The first-order valence-corrected chi connectivity index (χ1v) is 6.27. The number of nitrogens with two attached hydrogens (primary N) is 1. The summed E-state index contributed by atoms with van der Waals surface area (Å²) in [6.07, 6.45) is 2.89. The lowest BCUT2D eigenvalue weighted by atomic mass is 9.87. The van der Waals surface area contributed by atoms with Crippen LogP contribution in [0.1, 0.15) is 26.3 Å². The van der Waals surface area contributed by atoms with Gasteiger partial charge in [0.1, 0.15) is 6.04 Å². The normalized spacial score (nSPS) is 13.2. The topological polar surface area (TPSA) is 92.4 Å². The molecule has 0 aliphatic heterocycles. The number of benzene rings is 1. The molecule has 108 valence electrons. The second kappa shape index (κ2) is 6.23. The van der Waals surface area contributed by atoms with E-state index in [1.54, 1.807) is 51.1 Å². The molecule has 0 saturated carbocycles. The van der Waals surface area contributed by atoms with E-state index in [0.717, 1.165) is 5.56 Å². The lowest BCUT2D eigenvalue weighted by Gasteiger charge is -2.27. The Morgan fingerprint density at radius 1 is 1.35 bits per heavy atom. The van der Waals surface area contributed by atoms with Crippen molar-refractivity contribution >= 4 is 23.6 Å². The molecule has 1 rings (SSSR count). The molecule has 0 aromatic heterocycles. The van der Waals surface area contributed by atoms with E-state index in [9.17, 15) is 9.59 Å². The molecule has 0 radical (unpaired) electrons. The van der Waals surface area contributed by atoms with Gasteiger partial charge in [0.25, 0.3) is 0 Å². The summed E-state index contributed by atoms with van der Waals surface area (Å²) >= 11 is 0. The van der Waals surface area contributed by atoms with Gasteiger partial charge in [-0.25, -0.2) is 4.79 Å². The van der Waals surface area contributed by atoms with Gasteiger partial charge in [-0.1, -0.05) is 32.9 Å². The minimum Gasteiger partial charge on any atom is -0.480 e. The van der Waals surface area contributed by atoms with Gasteiger partial charge in [-0.3, -0.25) is 4.79 Å². The number of nitrogens with one attached hydrogen (secondary N) is 1. The molecule has 0 bridgehead atoms. The second-order valence-electron chi connectivity index (χ2n) is 5.65. The second-order valence-corrected chi connectivity index (χ2v) is 5.65. The van der Waals surface area contributed by atoms with Crippen molar-refractivity contribution in [1.29, 1.82) is 0 Å². The number of carboxylic acids is 1. The molecular formula is C15H20N2O3. The fourth-order valence-electron chi connectivity index (χ4n) is 1.67. The zero-order valence-corrected chi connectivity index (χ0v) is 11.9. The zero-order valence-electron chi connectivity index (χ0n) is 11.9. The van der Waals surface area contributed by atoms with E-state index in [2.05, 4.69) is 5.32 Å². The van der Waals surface area contributed by atoms with E-state index in [-0.39, 0.29) is 0 Å². The molecule has 0 saturated heterocycles. The SMILES string of the molecule is CC(C)(C)[C@@H](NC(=O)/C=C/c1cccc(N)c1)C(=O)O. The van der Waals surface area contributed by atoms with Crippen molar-refractivity contribution in [3.8, 4) is 0 Å². The van der Waals surface area contributed by atoms with E-state index < -0.39 is 23.3 Å². The first-order chi connectivity index (χ1) is 9.20.